The van der Waals surface area contributed by atoms with E-state index in [-0.39, 0.29) is 110 Å². The third-order valence-electron chi connectivity index (χ3n) is 22.9. The monoisotopic (exact) mass is 1780 g/mol. The molecule has 112 heavy (non-hydrogen) atoms. The van der Waals surface area contributed by atoms with Gasteiger partial charge in [0.15, 0.2) is 0 Å². The largest absolute Gasteiger partial charge is 0.461 e. The Bertz CT molecular complexity index is 3630. The molecule has 4 heterocycles. The maximum absolute atomic E-state index is 12.6. The number of thiophene rings is 3. The lowest BCUT2D eigenvalue weighted by Crippen LogP contribution is -2.40. The molecule has 1 saturated heterocycles. The van der Waals surface area contributed by atoms with Gasteiger partial charge in [0, 0.05) is 67.5 Å². The Balaban J connectivity index is 0.000000211. The van der Waals surface area contributed by atoms with Crippen molar-refractivity contribution in [3.8, 4) is 0 Å². The van der Waals surface area contributed by atoms with Crippen molar-refractivity contribution in [1.82, 2.24) is 0 Å². The maximum atomic E-state index is 12.6. The van der Waals surface area contributed by atoms with E-state index >= 15 is 0 Å². The molecule has 3 saturated carbocycles. The van der Waals surface area contributed by atoms with Gasteiger partial charge in [0.2, 0.25) is 0 Å². The third kappa shape index (κ3) is 28.8. The minimum atomic E-state index is -0.802. The minimum absolute atomic E-state index is 0.00400. The number of aryl methyl sites for hydroxylation is 6. The van der Waals surface area contributed by atoms with E-state index in [0.717, 1.165) is 160 Å². The van der Waals surface area contributed by atoms with Crippen molar-refractivity contribution in [2.75, 3.05) is 66.1 Å². The van der Waals surface area contributed by atoms with Gasteiger partial charge in [-0.2, -0.15) is 0 Å². The summed E-state index contributed by atoms with van der Waals surface area (Å²) < 4.78 is 22.0. The highest BCUT2D eigenvalue weighted by Crippen LogP contribution is 2.46. The van der Waals surface area contributed by atoms with Gasteiger partial charge in [-0.3, -0.25) is 0 Å². The van der Waals surface area contributed by atoms with Gasteiger partial charge in [-0.05, 0) is 284 Å². The average Bonchev–Trinajstić information content (AvgIpc) is 1.67. The molecule has 0 radical (unpaired) electrons. The number of halogens is 9. The Labute approximate surface area is 718 Å². The molecule has 27 heteroatoms. The average molecular weight is 1790 g/mol. The zero-order chi connectivity index (χ0) is 81.1. The van der Waals surface area contributed by atoms with E-state index in [9.17, 15) is 55.2 Å². The fourth-order valence-corrected chi connectivity index (χ4v) is 22.4. The fourth-order valence-electron chi connectivity index (χ4n) is 16.4. The van der Waals surface area contributed by atoms with Gasteiger partial charge in [0.25, 0.3) is 0 Å². The molecule has 1 aliphatic heterocycles. The molecule has 6 aromatic rings. The first-order chi connectivity index (χ1) is 53.7. The second-order valence-corrected chi connectivity index (χ2v) is 39.2. The lowest BCUT2D eigenvalue weighted by atomic mass is 9.84. The lowest BCUT2D eigenvalue weighted by Gasteiger charge is -2.34. The quantitative estimate of drug-likeness (QED) is 0.0101. The van der Waals surface area contributed by atoms with Crippen molar-refractivity contribution in [2.45, 2.75) is 209 Å². The van der Waals surface area contributed by atoms with Gasteiger partial charge in [0.05, 0.1) is 74.2 Å². The molecule has 0 spiro atoms. The summed E-state index contributed by atoms with van der Waals surface area (Å²) in [5.41, 5.74) is 1.10. The van der Waals surface area contributed by atoms with E-state index < -0.39 is 46.5 Å². The summed E-state index contributed by atoms with van der Waals surface area (Å²) in [7, 11) is 0. The number of hydrogen-bond donors (Lipinski definition) is 8. The maximum Gasteiger partial charge on any atom is 0.348 e. The normalized spacial score (nSPS) is 23.8. The first kappa shape index (κ1) is 94.9. The van der Waals surface area contributed by atoms with Crippen molar-refractivity contribution in [2.24, 2.45) is 51.8 Å². The molecule has 4 aliphatic rings. The molecule has 13 atom stereocenters. The van der Waals surface area contributed by atoms with Crippen LogP contribution in [0.2, 0.25) is 30.1 Å². The number of carbonyl (C=O) groups is 3. The van der Waals surface area contributed by atoms with Crippen LogP contribution in [0.4, 0.5) is 0 Å². The first-order valence-corrected chi connectivity index (χ1v) is 45.4. The number of esters is 3. The molecule has 15 nitrogen and oxygen atoms in total. The van der Waals surface area contributed by atoms with Gasteiger partial charge in [-0.15, -0.1) is 68.8 Å². The van der Waals surface area contributed by atoms with Gasteiger partial charge in [-0.1, -0.05) is 103 Å². The Hall–Kier alpha value is -2.58. The van der Waals surface area contributed by atoms with Crippen LogP contribution in [-0.2, 0) is 57.5 Å². The van der Waals surface area contributed by atoms with Crippen LogP contribution >= 0.6 is 138 Å². The van der Waals surface area contributed by atoms with Crippen LogP contribution < -0.4 is 0 Å². The van der Waals surface area contributed by atoms with Crippen LogP contribution in [0.5, 0.6) is 0 Å². The van der Waals surface area contributed by atoms with Crippen molar-refractivity contribution < 1.29 is 74.2 Å². The van der Waals surface area contributed by atoms with Crippen LogP contribution in [0, 0.1) is 51.8 Å². The third-order valence-corrected chi connectivity index (χ3v) is 29.1. The Morgan fingerprint density at radius 3 is 1.09 bits per heavy atom. The number of aliphatic hydroxyl groups excluding tert-OH is 8. The van der Waals surface area contributed by atoms with Gasteiger partial charge < -0.3 is 59.8 Å². The van der Waals surface area contributed by atoms with E-state index in [1.807, 2.05) is 74.5 Å². The van der Waals surface area contributed by atoms with Crippen molar-refractivity contribution in [3.63, 3.8) is 0 Å². The number of hydrogen-bond acceptors (Lipinski definition) is 18. The van der Waals surface area contributed by atoms with E-state index in [2.05, 4.69) is 0 Å². The molecule has 8 N–H and O–H groups in total. The minimum Gasteiger partial charge on any atom is -0.461 e. The summed E-state index contributed by atoms with van der Waals surface area (Å²) in [6.45, 7) is 4.29. The summed E-state index contributed by atoms with van der Waals surface area (Å²) in [5, 5.41) is 84.2. The molecular formula is C85H111Cl9O15S3. The standard InChI is InChI=1S/C29H39Cl3O5S.C28H35Cl3O5S.C28H37Cl3O5S/c1-2-3-11-29(16-33,17-34)18-37-28(36)27-10-8-22(38-27)5-4-6-23-24(26(35)15-25(23)32)9-7-19-12-20(30)14-21(31)13-19;29-19-11-18(12-20(30)13-19)5-7-23-22(24(31)14-25(23)33)4-1-3-21-6-8-26(37-21)27(34)36-17-28(15-32)9-2-10-35-16-28;1-2-10-28(15-32,16-33)17-36-27(35)26-9-7-21(37-26)4-3-5-22-23(25(34)14-24(22)31)8-6-18-11-19(29)13-20(30)12-18/h8,10,12-14,23-26,33-35H,2-7,9,11,15-18H2,1H3;6,8,11-13,22-25,32-33H,1-5,7,9-10,14-17H2;7,9,11-13,22-25,32-34H,2-6,8,10,14-17H2,1H3/t23-,24-,25-,26-;22-,23-,24-,25-,28?;22-,23-,24-,25-/m111/s1. The van der Waals surface area contributed by atoms with Crippen LogP contribution in [0.15, 0.2) is 91.0 Å². The number of alkyl halides is 3. The smallest absolute Gasteiger partial charge is 0.348 e. The molecule has 3 aromatic carbocycles. The van der Waals surface area contributed by atoms with Crippen LogP contribution in [0.1, 0.15) is 196 Å². The fraction of sp³-hybridized carbons (Fsp3) is 0.612. The van der Waals surface area contributed by atoms with Crippen molar-refractivity contribution >= 4 is 156 Å². The molecule has 4 fully saturated rings. The van der Waals surface area contributed by atoms with Crippen LogP contribution in [-0.4, -0.2) is 159 Å². The first-order valence-electron chi connectivity index (χ1n) is 39.4. The van der Waals surface area contributed by atoms with E-state index in [4.69, 9.17) is 123 Å². The molecular weight excluding hydrogens is 1680 g/mol. The molecule has 3 aromatic heterocycles. The highest BCUT2D eigenvalue weighted by Gasteiger charge is 2.44. The molecule has 622 valence electrons. The van der Waals surface area contributed by atoms with Gasteiger partial charge in [0.1, 0.15) is 34.5 Å². The topological polar surface area (TPSA) is 250 Å². The summed E-state index contributed by atoms with van der Waals surface area (Å²) in [6, 6.07) is 27.9. The number of rotatable bonds is 40. The molecule has 10 rings (SSSR count). The summed E-state index contributed by atoms with van der Waals surface area (Å²) in [4.78, 5) is 42.7. The molecule has 1 unspecified atom stereocenters. The predicted octanol–water partition coefficient (Wildman–Crippen LogP) is 20.0. The van der Waals surface area contributed by atoms with Crippen molar-refractivity contribution in [3.05, 3.63) is 167 Å². The second-order valence-electron chi connectivity index (χ2n) is 31.4. The zero-order valence-corrected chi connectivity index (χ0v) is 73.2. The highest BCUT2D eigenvalue weighted by molar-refractivity contribution is 7.14. The summed E-state index contributed by atoms with van der Waals surface area (Å²) in [5.74, 6) is -0.149. The Morgan fingerprint density at radius 1 is 0.446 bits per heavy atom. The highest BCUT2D eigenvalue weighted by atomic mass is 35.5. The number of unbranched alkanes of at least 4 members (excludes halogenated alkanes) is 1. The Kier molecular flexibility index (Phi) is 40.2. The number of benzene rings is 3. The van der Waals surface area contributed by atoms with Crippen LogP contribution in [0.3, 0.4) is 0 Å². The lowest BCUT2D eigenvalue weighted by molar-refractivity contribution is -0.0716. The summed E-state index contributed by atoms with van der Waals surface area (Å²) >= 11 is 61.1. The van der Waals surface area contributed by atoms with E-state index in [0.29, 0.717) is 90.1 Å². The van der Waals surface area contributed by atoms with E-state index in [1.54, 1.807) is 30.3 Å². The zero-order valence-electron chi connectivity index (χ0n) is 63.9. The van der Waals surface area contributed by atoms with Crippen LogP contribution in [0.25, 0.3) is 0 Å². The number of ether oxygens (including phenoxy) is 4. The SMILES string of the molecule is CCCC(CO)(CO)COC(=O)c1ccc(CCC[C@@H]2[C@@H](CCc3cc(Cl)cc(Cl)c3)[C@H](O)C[C@H]2Cl)s1.CCCCC(CO)(CO)COC(=O)c1ccc(CCC[C@@H]2[C@@H](CCc3cc(Cl)cc(Cl)c3)[C@H](O)C[C@H]2Cl)s1.O=C(OCC1(CO)CCCOC1)c1ccc(CCC[C@@H]2[C@@H](CCc3cc(Cl)cc(Cl)c3)[C@H](O)C[C@H]2Cl)s1. The molecule has 3 aliphatic carbocycles. The van der Waals surface area contributed by atoms with Gasteiger partial charge >= 0.3 is 17.9 Å². The molecule has 0 bridgehead atoms. The van der Waals surface area contributed by atoms with Crippen molar-refractivity contribution in [1.29, 1.82) is 0 Å². The summed E-state index contributed by atoms with van der Waals surface area (Å²) in [6.07, 6.45) is 18.8. The molecule has 0 amide bonds. The predicted molar refractivity (Wildman–Crippen MR) is 456 cm³/mol. The van der Waals surface area contributed by atoms with E-state index in [1.165, 1.54) is 34.0 Å². The number of carbonyl (C=O) groups excluding carboxylic acids is 3. The van der Waals surface area contributed by atoms with Gasteiger partial charge in [-0.25, -0.2) is 14.4 Å². The Morgan fingerprint density at radius 2 is 0.786 bits per heavy atom. The second kappa shape index (κ2) is 47.4. The number of aliphatic hydroxyl groups is 8.